The summed E-state index contributed by atoms with van der Waals surface area (Å²) in [5.41, 5.74) is -5.42. The van der Waals surface area contributed by atoms with Crippen LogP contribution in [0.4, 0.5) is 18.0 Å². The molecule has 0 fully saturated rings. The van der Waals surface area contributed by atoms with Crippen molar-refractivity contribution in [3.05, 3.63) is 24.3 Å². The van der Waals surface area contributed by atoms with Gasteiger partial charge in [-0.3, -0.25) is 0 Å². The van der Waals surface area contributed by atoms with Crippen LogP contribution in [0.15, 0.2) is 24.3 Å². The summed E-state index contributed by atoms with van der Waals surface area (Å²) in [6.07, 6.45) is -1.03. The second kappa shape index (κ2) is 6.07. The molecule has 0 spiro atoms. The minimum Gasteiger partial charge on any atom is -0.449 e. The van der Waals surface area contributed by atoms with Gasteiger partial charge in [-0.2, -0.15) is 21.6 Å². The van der Waals surface area contributed by atoms with Gasteiger partial charge in [0.2, 0.25) is 5.88 Å². The lowest BCUT2D eigenvalue weighted by molar-refractivity contribution is -0.0502. The van der Waals surface area contributed by atoms with Gasteiger partial charge in [-0.1, -0.05) is 12.1 Å². The van der Waals surface area contributed by atoms with Gasteiger partial charge < -0.3 is 8.92 Å². The Kier molecular flexibility index (Phi) is 4.66. The van der Waals surface area contributed by atoms with Crippen LogP contribution in [0.25, 0.3) is 10.9 Å². The first-order valence-corrected chi connectivity index (χ1v) is 8.77. The number of aromatic nitrogens is 1. The molecule has 0 radical (unpaired) electrons. The number of carbonyl (C=O) groups excluding carboxylic acids is 1. The molecule has 0 atom stereocenters. The minimum absolute atomic E-state index is 0.0389. The molecule has 0 saturated heterocycles. The summed E-state index contributed by atoms with van der Waals surface area (Å²) < 4.78 is 70.3. The Morgan fingerprint density at radius 1 is 1.30 bits per heavy atom. The summed E-state index contributed by atoms with van der Waals surface area (Å²) in [6, 6.07) is 5.84. The predicted octanol–water partition coefficient (Wildman–Crippen LogP) is 1.13. The third-order valence-electron chi connectivity index (χ3n) is 2.85. The Hall–Kier alpha value is -1.70. The molecule has 0 N–H and O–H groups in total. The fourth-order valence-corrected chi connectivity index (χ4v) is 2.83. The van der Waals surface area contributed by atoms with E-state index in [1.54, 1.807) is 12.1 Å². The van der Waals surface area contributed by atoms with Crippen molar-refractivity contribution in [1.29, 1.82) is 0 Å². The van der Waals surface area contributed by atoms with Crippen molar-refractivity contribution in [2.45, 2.75) is 12.4 Å². The number of carbonyl (C=O) groups is 1. The fraction of sp³-hybridized carbons (Fsp3) is 0.250. The van der Waals surface area contributed by atoms with Gasteiger partial charge in [0.1, 0.15) is 0 Å². The number of halogens is 3. The summed E-state index contributed by atoms with van der Waals surface area (Å²) in [5.74, 6) is -0.775. The molecule has 1 aromatic carbocycles. The highest BCUT2D eigenvalue weighted by molar-refractivity contribution is 7.87. The van der Waals surface area contributed by atoms with Gasteiger partial charge in [-0.15, -0.1) is 4.43 Å². The molecule has 1 aromatic heterocycles. The second-order valence-corrected chi connectivity index (χ2v) is 7.25. The van der Waals surface area contributed by atoms with Crippen LogP contribution >= 0.6 is 0 Å². The molecule has 0 aliphatic carbocycles. The molecule has 6 nitrogen and oxygen atoms in total. The van der Waals surface area contributed by atoms with E-state index in [-0.39, 0.29) is 12.1 Å². The number of alkyl halides is 3. The molecule has 124 valence electrons. The Labute approximate surface area is 137 Å². The molecule has 0 unspecified atom stereocenters. The molecule has 0 saturated carbocycles. The molecule has 2 aromatic rings. The van der Waals surface area contributed by atoms with Crippen molar-refractivity contribution < 1.29 is 35.3 Å². The van der Waals surface area contributed by atoms with Gasteiger partial charge in [0.05, 0.1) is 12.1 Å². The van der Waals surface area contributed by atoms with Crippen LogP contribution in [-0.4, -0.2) is 47.5 Å². The molecular formula is C12H11AlF3NO5S. The van der Waals surface area contributed by atoms with Crippen LogP contribution in [0.5, 0.6) is 5.88 Å². The average molecular weight is 365 g/mol. The van der Waals surface area contributed by atoms with Crippen molar-refractivity contribution in [2.75, 3.05) is 6.61 Å². The first kappa shape index (κ1) is 17.7. The summed E-state index contributed by atoms with van der Waals surface area (Å²) in [7, 11) is -5.90. The van der Waals surface area contributed by atoms with E-state index in [0.717, 1.165) is 10.5 Å². The molecule has 11 heteroatoms. The van der Waals surface area contributed by atoms with E-state index in [9.17, 15) is 26.4 Å². The molecule has 23 heavy (non-hydrogen) atoms. The zero-order valence-corrected chi connectivity index (χ0v) is 14.9. The zero-order chi connectivity index (χ0) is 17.4. The first-order valence-electron chi connectivity index (χ1n) is 6.37. The lowest BCUT2D eigenvalue weighted by atomic mass is 10.2. The minimum atomic E-state index is -5.90. The number of hydrogen-bond donors (Lipinski definition) is 0. The van der Waals surface area contributed by atoms with Crippen LogP contribution < -0.4 is 8.61 Å². The summed E-state index contributed by atoms with van der Waals surface area (Å²) >= 11 is 0.669. The SMILES string of the molecule is CCOC(=O)n1c(OS(=O)(=O)C(F)(F)F)cc2c[c]([AlH2])ccc21. The van der Waals surface area contributed by atoms with Crippen LogP contribution in [0.3, 0.4) is 0 Å². The third-order valence-corrected chi connectivity index (χ3v) is 4.43. The Morgan fingerprint density at radius 3 is 2.52 bits per heavy atom. The number of benzene rings is 1. The fourth-order valence-electron chi connectivity index (χ4n) is 1.91. The first-order chi connectivity index (χ1) is 10.6. The standard InChI is InChI=1S/C12H9F3NO5S.Al.2H/c1-2-20-11(17)16-9-6-4-3-5-8(9)7-10(16)21-22(18,19)12(13,14)15;;;/h4-7H,2H2,1H3;;;. The van der Waals surface area contributed by atoms with E-state index in [1.165, 1.54) is 13.0 Å². The summed E-state index contributed by atoms with van der Waals surface area (Å²) in [4.78, 5) is 12.0. The van der Waals surface area contributed by atoms with E-state index < -0.39 is 27.6 Å². The average Bonchev–Trinajstić information content (AvgIpc) is 2.73. The number of rotatable bonds is 3. The second-order valence-electron chi connectivity index (χ2n) is 4.56. The van der Waals surface area contributed by atoms with E-state index >= 15 is 0 Å². The molecule has 2 rings (SSSR count). The highest BCUT2D eigenvalue weighted by Crippen LogP contribution is 2.31. The highest BCUT2D eigenvalue weighted by Gasteiger charge is 2.49. The molecule has 1 heterocycles. The topological polar surface area (TPSA) is 74.6 Å². The largest absolute Gasteiger partial charge is 0.534 e. The Balaban J connectivity index is 2.63. The molecule has 0 aliphatic heterocycles. The van der Waals surface area contributed by atoms with Crippen LogP contribution in [-0.2, 0) is 14.9 Å². The van der Waals surface area contributed by atoms with Crippen molar-refractivity contribution in [2.24, 2.45) is 0 Å². The number of nitrogens with zero attached hydrogens (tertiary/aromatic N) is 1. The monoisotopic (exact) mass is 365 g/mol. The van der Waals surface area contributed by atoms with Crippen molar-refractivity contribution in [3.8, 4) is 5.88 Å². The quantitative estimate of drug-likeness (QED) is 0.463. The summed E-state index contributed by atoms with van der Waals surface area (Å²) in [5, 5.41) is 0.373. The van der Waals surface area contributed by atoms with Crippen molar-refractivity contribution >= 4 is 47.8 Å². The summed E-state index contributed by atoms with van der Waals surface area (Å²) in [6.45, 7) is 1.47. The zero-order valence-electron chi connectivity index (χ0n) is 12.0. The smallest absolute Gasteiger partial charge is 0.449 e. The number of fused-ring (bicyclic) bond motifs is 1. The molecular weight excluding hydrogens is 354 g/mol. The van der Waals surface area contributed by atoms with E-state index in [2.05, 4.69) is 4.18 Å². The van der Waals surface area contributed by atoms with Crippen LogP contribution in [0, 0.1) is 0 Å². The number of hydrogen-bond acceptors (Lipinski definition) is 5. The van der Waals surface area contributed by atoms with E-state index in [1.807, 2.05) is 0 Å². The lowest BCUT2D eigenvalue weighted by Gasteiger charge is -2.11. The van der Waals surface area contributed by atoms with Gasteiger partial charge in [-0.05, 0) is 13.0 Å². The van der Waals surface area contributed by atoms with Crippen molar-refractivity contribution in [1.82, 2.24) is 4.57 Å². The predicted molar refractivity (Wildman–Crippen MR) is 78.1 cm³/mol. The van der Waals surface area contributed by atoms with Crippen LogP contribution in [0.1, 0.15) is 6.92 Å². The van der Waals surface area contributed by atoms with E-state index in [0.29, 0.717) is 26.2 Å². The van der Waals surface area contributed by atoms with Gasteiger partial charge >= 0.3 is 21.7 Å². The third kappa shape index (κ3) is 3.47. The van der Waals surface area contributed by atoms with Crippen LogP contribution in [0.2, 0.25) is 0 Å². The maximum absolute atomic E-state index is 12.5. The Morgan fingerprint density at radius 2 is 1.96 bits per heavy atom. The maximum atomic E-state index is 12.5. The number of ether oxygens (including phenoxy) is 1. The normalized spacial score (nSPS) is 12.3. The van der Waals surface area contributed by atoms with Gasteiger partial charge in [0.25, 0.3) is 16.3 Å². The van der Waals surface area contributed by atoms with Gasteiger partial charge in [-0.25, -0.2) is 9.36 Å². The highest BCUT2D eigenvalue weighted by atomic mass is 32.2. The lowest BCUT2D eigenvalue weighted by Crippen LogP contribution is -2.29. The molecule has 0 bridgehead atoms. The van der Waals surface area contributed by atoms with Gasteiger partial charge in [0, 0.05) is 11.5 Å². The van der Waals surface area contributed by atoms with Crippen molar-refractivity contribution in [3.63, 3.8) is 0 Å². The van der Waals surface area contributed by atoms with Gasteiger partial charge in [0.15, 0.2) is 0 Å². The Bertz CT molecular complexity index is 859. The van der Waals surface area contributed by atoms with E-state index in [4.69, 9.17) is 4.74 Å². The molecule has 0 amide bonds. The maximum Gasteiger partial charge on any atom is 0.534 e. The molecule has 0 aliphatic rings.